The molecule has 0 saturated heterocycles. The fraction of sp³-hybridized carbons (Fsp3) is 0.200. The number of ether oxygens (including phenoxy) is 1. The zero-order valence-corrected chi connectivity index (χ0v) is 12.6. The van der Waals surface area contributed by atoms with Crippen molar-refractivity contribution in [1.82, 2.24) is 0 Å². The van der Waals surface area contributed by atoms with Gasteiger partial charge in [-0.05, 0) is 31.2 Å². The molecule has 0 fully saturated rings. The molecule has 0 aromatic heterocycles. The molecule has 0 heterocycles. The van der Waals surface area contributed by atoms with Gasteiger partial charge in [0.15, 0.2) is 0 Å². The molecule has 21 heavy (non-hydrogen) atoms. The van der Waals surface area contributed by atoms with Crippen LogP contribution in [0, 0.1) is 6.92 Å². The molecule has 0 atom stereocenters. The van der Waals surface area contributed by atoms with Crippen molar-refractivity contribution in [3.63, 3.8) is 0 Å². The number of nitrogens with two attached hydrogens (primary N) is 1. The van der Waals surface area contributed by atoms with E-state index in [-0.39, 0.29) is 4.90 Å². The summed E-state index contributed by atoms with van der Waals surface area (Å²) in [5.41, 5.74) is 6.21. The molecule has 0 saturated carbocycles. The zero-order valence-electron chi connectivity index (χ0n) is 11.8. The van der Waals surface area contributed by atoms with Crippen LogP contribution in [-0.2, 0) is 10.1 Å². The second kappa shape index (κ2) is 8.41. The Labute approximate surface area is 125 Å². The van der Waals surface area contributed by atoms with E-state index in [9.17, 15) is 8.42 Å². The molecular weight excluding hydrogens is 290 g/mol. The van der Waals surface area contributed by atoms with Gasteiger partial charge in [-0.2, -0.15) is 8.42 Å². The van der Waals surface area contributed by atoms with Crippen molar-refractivity contribution in [3.8, 4) is 5.75 Å². The van der Waals surface area contributed by atoms with Gasteiger partial charge < -0.3 is 10.5 Å². The number of para-hydroxylation sites is 1. The molecule has 3 N–H and O–H groups in total. The van der Waals surface area contributed by atoms with E-state index in [0.717, 1.165) is 11.3 Å². The Kier molecular flexibility index (Phi) is 6.87. The Morgan fingerprint density at radius 3 is 2.10 bits per heavy atom. The molecule has 0 spiro atoms. The molecule has 6 heteroatoms. The third-order valence-electron chi connectivity index (χ3n) is 2.45. The van der Waals surface area contributed by atoms with Crippen molar-refractivity contribution in [2.75, 3.05) is 13.2 Å². The lowest BCUT2D eigenvalue weighted by molar-refractivity contribution is 0.328. The molecule has 2 rings (SSSR count). The van der Waals surface area contributed by atoms with E-state index in [1.165, 1.54) is 12.1 Å². The normalized spacial score (nSPS) is 10.4. The van der Waals surface area contributed by atoms with Crippen molar-refractivity contribution in [1.29, 1.82) is 0 Å². The lowest BCUT2D eigenvalue weighted by Crippen LogP contribution is -2.10. The minimum atomic E-state index is -4.02. The predicted molar refractivity (Wildman–Crippen MR) is 82.0 cm³/mol. The highest BCUT2D eigenvalue weighted by molar-refractivity contribution is 7.85. The topological polar surface area (TPSA) is 89.6 Å². The summed E-state index contributed by atoms with van der Waals surface area (Å²) in [6.45, 7) is 2.99. The fourth-order valence-corrected chi connectivity index (χ4v) is 1.88. The summed E-state index contributed by atoms with van der Waals surface area (Å²) in [6, 6.07) is 15.6. The Morgan fingerprint density at radius 2 is 1.62 bits per heavy atom. The van der Waals surface area contributed by atoms with E-state index in [0.29, 0.717) is 13.2 Å². The van der Waals surface area contributed by atoms with Crippen molar-refractivity contribution >= 4 is 10.1 Å². The van der Waals surface area contributed by atoms with Gasteiger partial charge in [0.2, 0.25) is 0 Å². The van der Waals surface area contributed by atoms with E-state index in [2.05, 4.69) is 0 Å². The maximum Gasteiger partial charge on any atom is 0.294 e. The number of aryl methyl sites for hydroxylation is 1. The van der Waals surface area contributed by atoms with Crippen molar-refractivity contribution in [3.05, 3.63) is 60.2 Å². The number of benzene rings is 2. The summed E-state index contributed by atoms with van der Waals surface area (Å²) >= 11 is 0. The maximum absolute atomic E-state index is 10.5. The second-order valence-corrected chi connectivity index (χ2v) is 5.66. The minimum absolute atomic E-state index is 0.0666. The Morgan fingerprint density at radius 1 is 1.05 bits per heavy atom. The van der Waals surface area contributed by atoms with Crippen LogP contribution in [-0.4, -0.2) is 26.1 Å². The van der Waals surface area contributed by atoms with Crippen LogP contribution in [0.2, 0.25) is 0 Å². The molecule has 2 aromatic rings. The van der Waals surface area contributed by atoms with Crippen molar-refractivity contribution in [2.24, 2.45) is 5.73 Å². The highest BCUT2D eigenvalue weighted by Gasteiger charge is 2.06. The van der Waals surface area contributed by atoms with Gasteiger partial charge in [0, 0.05) is 6.54 Å². The van der Waals surface area contributed by atoms with Crippen LogP contribution in [0.3, 0.4) is 0 Å². The monoisotopic (exact) mass is 309 g/mol. The first-order chi connectivity index (χ1) is 9.93. The van der Waals surface area contributed by atoms with Crippen LogP contribution in [0.25, 0.3) is 0 Å². The highest BCUT2D eigenvalue weighted by Crippen LogP contribution is 2.08. The molecule has 5 nitrogen and oxygen atoms in total. The maximum atomic E-state index is 10.5. The first kappa shape index (κ1) is 17.2. The lowest BCUT2D eigenvalue weighted by atomic mass is 10.2. The molecule has 2 aromatic carbocycles. The van der Waals surface area contributed by atoms with Gasteiger partial charge in [-0.25, -0.2) is 0 Å². The fourth-order valence-electron chi connectivity index (χ4n) is 1.40. The largest absolute Gasteiger partial charge is 0.492 e. The summed E-state index contributed by atoms with van der Waals surface area (Å²) in [5, 5.41) is 0. The third kappa shape index (κ3) is 6.89. The van der Waals surface area contributed by atoms with Gasteiger partial charge in [0.1, 0.15) is 12.4 Å². The number of rotatable bonds is 4. The summed E-state index contributed by atoms with van der Waals surface area (Å²) in [4.78, 5) is -0.0666. The summed E-state index contributed by atoms with van der Waals surface area (Å²) < 4.78 is 34.8. The Balaban J connectivity index is 0.000000211. The molecule has 0 amide bonds. The van der Waals surface area contributed by atoms with Gasteiger partial charge in [0.25, 0.3) is 10.1 Å². The van der Waals surface area contributed by atoms with Crippen LogP contribution >= 0.6 is 0 Å². The summed E-state index contributed by atoms with van der Waals surface area (Å²) in [5.74, 6) is 0.882. The molecular formula is C15H19NO4S. The smallest absolute Gasteiger partial charge is 0.294 e. The molecule has 0 bridgehead atoms. The average molecular weight is 309 g/mol. The first-order valence-electron chi connectivity index (χ1n) is 6.35. The van der Waals surface area contributed by atoms with Gasteiger partial charge in [-0.3, -0.25) is 4.55 Å². The SMILES string of the molecule is Cc1ccc(S(=O)(=O)O)cc1.NCCOc1ccccc1. The molecule has 0 unspecified atom stereocenters. The van der Waals surface area contributed by atoms with E-state index in [4.69, 9.17) is 15.0 Å². The third-order valence-corrected chi connectivity index (χ3v) is 3.32. The highest BCUT2D eigenvalue weighted by atomic mass is 32.2. The van der Waals surface area contributed by atoms with Crippen LogP contribution in [0.5, 0.6) is 5.75 Å². The van der Waals surface area contributed by atoms with E-state index < -0.39 is 10.1 Å². The van der Waals surface area contributed by atoms with Crippen molar-refractivity contribution in [2.45, 2.75) is 11.8 Å². The van der Waals surface area contributed by atoms with Gasteiger partial charge in [-0.1, -0.05) is 35.9 Å². The number of hydrogen-bond acceptors (Lipinski definition) is 4. The summed E-state index contributed by atoms with van der Waals surface area (Å²) in [7, 11) is -4.02. The van der Waals surface area contributed by atoms with Gasteiger partial charge in [0.05, 0.1) is 4.90 Å². The Bertz CT molecular complexity index is 624. The van der Waals surface area contributed by atoms with Crippen LogP contribution < -0.4 is 10.5 Å². The summed E-state index contributed by atoms with van der Waals surface area (Å²) in [6.07, 6.45) is 0. The van der Waals surface area contributed by atoms with Gasteiger partial charge >= 0.3 is 0 Å². The van der Waals surface area contributed by atoms with E-state index >= 15 is 0 Å². The van der Waals surface area contributed by atoms with E-state index in [1.54, 1.807) is 12.1 Å². The number of hydrogen-bond donors (Lipinski definition) is 2. The average Bonchev–Trinajstić information content (AvgIpc) is 2.46. The van der Waals surface area contributed by atoms with Crippen LogP contribution in [0.1, 0.15) is 5.56 Å². The molecule has 114 valence electrons. The lowest BCUT2D eigenvalue weighted by Gasteiger charge is -2.01. The Hall–Kier alpha value is -1.89. The van der Waals surface area contributed by atoms with Gasteiger partial charge in [-0.15, -0.1) is 0 Å². The van der Waals surface area contributed by atoms with Crippen molar-refractivity contribution < 1.29 is 17.7 Å². The molecule has 0 aliphatic rings. The quantitative estimate of drug-likeness (QED) is 0.846. The minimum Gasteiger partial charge on any atom is -0.492 e. The van der Waals surface area contributed by atoms with Crippen LogP contribution in [0.15, 0.2) is 59.5 Å². The first-order valence-corrected chi connectivity index (χ1v) is 7.79. The molecule has 0 aliphatic carbocycles. The molecule has 0 radical (unpaired) electrons. The van der Waals surface area contributed by atoms with E-state index in [1.807, 2.05) is 37.3 Å². The predicted octanol–water partition coefficient (Wildman–Crippen LogP) is 2.27. The molecule has 0 aliphatic heterocycles. The standard InChI is InChI=1S/C8H11NO.C7H8O3S/c9-6-7-10-8-4-2-1-3-5-8;1-6-2-4-7(5-3-6)11(8,9)10/h1-5H,6-7,9H2;2-5H,1H3,(H,8,9,10). The second-order valence-electron chi connectivity index (χ2n) is 4.24. The zero-order chi connectivity index (χ0) is 15.7. The van der Waals surface area contributed by atoms with Crippen LogP contribution in [0.4, 0.5) is 0 Å².